The van der Waals surface area contributed by atoms with Crippen molar-refractivity contribution >= 4 is 0 Å². The number of rotatable bonds is 3. The van der Waals surface area contributed by atoms with Gasteiger partial charge in [0.25, 0.3) is 0 Å². The normalized spacial score (nSPS) is 23.9. The molecule has 0 saturated heterocycles. The molecule has 1 saturated carbocycles. The molecule has 0 unspecified atom stereocenters. The first-order chi connectivity index (χ1) is 9.36. The van der Waals surface area contributed by atoms with Gasteiger partial charge in [0.15, 0.2) is 0 Å². The van der Waals surface area contributed by atoms with E-state index in [9.17, 15) is 4.39 Å². The predicted octanol–water partition coefficient (Wildman–Crippen LogP) is 4.83. The minimum atomic E-state index is -0.0825. The summed E-state index contributed by atoms with van der Waals surface area (Å²) in [6.07, 6.45) is 5.01. The summed E-state index contributed by atoms with van der Waals surface area (Å²) in [7, 11) is 0. The lowest BCUT2D eigenvalue weighted by molar-refractivity contribution is 0.159. The quantitative estimate of drug-likeness (QED) is 0.834. The Morgan fingerprint density at radius 1 is 1.15 bits per heavy atom. The maximum Gasteiger partial charge on any atom is 0.127 e. The molecular weight excluding hydrogens is 249 g/mol. The molecule has 0 heterocycles. The van der Waals surface area contributed by atoms with Crippen molar-refractivity contribution in [3.8, 4) is 0 Å². The van der Waals surface area contributed by atoms with Crippen LogP contribution in [-0.4, -0.2) is 6.04 Å². The van der Waals surface area contributed by atoms with Crippen LogP contribution in [0.1, 0.15) is 57.6 Å². The molecule has 1 aliphatic carbocycles. The molecule has 1 aromatic carbocycles. The number of hydrogen-bond donors (Lipinski definition) is 1. The Hall–Kier alpha value is -0.890. The lowest BCUT2D eigenvalue weighted by Crippen LogP contribution is -2.36. The van der Waals surface area contributed by atoms with E-state index in [4.69, 9.17) is 0 Å². The summed E-state index contributed by atoms with van der Waals surface area (Å²) in [6, 6.07) is 6.05. The molecule has 0 aliphatic heterocycles. The second kappa shape index (κ2) is 6.26. The Labute approximate surface area is 123 Å². The van der Waals surface area contributed by atoms with E-state index >= 15 is 0 Å². The first-order valence-electron chi connectivity index (χ1n) is 7.84. The highest BCUT2D eigenvalue weighted by molar-refractivity contribution is 5.23. The smallest absolute Gasteiger partial charge is 0.127 e. The van der Waals surface area contributed by atoms with Crippen LogP contribution >= 0.6 is 0 Å². The Morgan fingerprint density at radius 3 is 2.35 bits per heavy atom. The lowest BCUT2D eigenvalue weighted by Gasteiger charge is -2.37. The molecule has 1 nitrogen and oxygen atoms in total. The highest BCUT2D eigenvalue weighted by atomic mass is 19.1. The average Bonchev–Trinajstić information content (AvgIpc) is 2.37. The second-order valence-corrected chi connectivity index (χ2v) is 7.39. The van der Waals surface area contributed by atoms with Crippen LogP contribution in [-0.2, 0) is 6.54 Å². The van der Waals surface area contributed by atoms with E-state index in [-0.39, 0.29) is 5.82 Å². The van der Waals surface area contributed by atoms with Crippen molar-refractivity contribution in [2.24, 2.45) is 11.3 Å². The third-order valence-corrected chi connectivity index (χ3v) is 4.74. The number of halogens is 1. The first-order valence-corrected chi connectivity index (χ1v) is 7.84. The molecule has 0 aromatic heterocycles. The van der Waals surface area contributed by atoms with E-state index in [1.807, 2.05) is 19.1 Å². The summed E-state index contributed by atoms with van der Waals surface area (Å²) in [6.45, 7) is 9.60. The zero-order valence-electron chi connectivity index (χ0n) is 13.3. The fourth-order valence-electron chi connectivity index (χ4n) is 3.21. The van der Waals surface area contributed by atoms with E-state index in [0.717, 1.165) is 17.0 Å². The minimum absolute atomic E-state index is 0.0825. The number of benzene rings is 1. The van der Waals surface area contributed by atoms with Gasteiger partial charge in [-0.2, -0.15) is 0 Å². The van der Waals surface area contributed by atoms with E-state index in [2.05, 4.69) is 26.1 Å². The van der Waals surface area contributed by atoms with Crippen LogP contribution in [0.15, 0.2) is 18.2 Å². The SMILES string of the molecule is Cc1ccc(CNC2CCC(C(C)(C)C)CC2)c(F)c1. The monoisotopic (exact) mass is 277 g/mol. The van der Waals surface area contributed by atoms with Gasteiger partial charge < -0.3 is 5.32 Å². The predicted molar refractivity (Wildman–Crippen MR) is 83.2 cm³/mol. The summed E-state index contributed by atoms with van der Waals surface area (Å²) >= 11 is 0. The van der Waals surface area contributed by atoms with Crippen molar-refractivity contribution < 1.29 is 4.39 Å². The highest BCUT2D eigenvalue weighted by Gasteiger charge is 2.29. The van der Waals surface area contributed by atoms with E-state index in [0.29, 0.717) is 18.0 Å². The van der Waals surface area contributed by atoms with Crippen LogP contribution in [0.3, 0.4) is 0 Å². The van der Waals surface area contributed by atoms with Gasteiger partial charge in [-0.05, 0) is 55.6 Å². The van der Waals surface area contributed by atoms with Gasteiger partial charge in [0.1, 0.15) is 5.82 Å². The first kappa shape index (κ1) is 15.5. The van der Waals surface area contributed by atoms with Crippen molar-refractivity contribution in [1.82, 2.24) is 5.32 Å². The standard InChI is InChI=1S/C18H28FN/c1-13-5-6-14(17(19)11-13)12-20-16-9-7-15(8-10-16)18(2,3)4/h5-6,11,15-16,20H,7-10,12H2,1-4H3. The Bertz CT molecular complexity index is 439. The number of nitrogens with one attached hydrogen (secondary N) is 1. The molecule has 2 rings (SSSR count). The van der Waals surface area contributed by atoms with E-state index in [1.165, 1.54) is 25.7 Å². The van der Waals surface area contributed by atoms with Crippen LogP contribution in [0.2, 0.25) is 0 Å². The summed E-state index contributed by atoms with van der Waals surface area (Å²) in [5.74, 6) is 0.748. The molecule has 20 heavy (non-hydrogen) atoms. The maximum absolute atomic E-state index is 13.8. The van der Waals surface area contributed by atoms with Crippen molar-refractivity contribution in [2.75, 3.05) is 0 Å². The molecular formula is C18H28FN. The van der Waals surface area contributed by atoms with Crippen LogP contribution in [0.4, 0.5) is 4.39 Å². The van der Waals surface area contributed by atoms with Gasteiger partial charge in [0, 0.05) is 18.2 Å². The number of hydrogen-bond acceptors (Lipinski definition) is 1. The van der Waals surface area contributed by atoms with E-state index in [1.54, 1.807) is 6.07 Å². The molecule has 0 atom stereocenters. The van der Waals surface area contributed by atoms with Gasteiger partial charge in [0.05, 0.1) is 0 Å². The van der Waals surface area contributed by atoms with Crippen LogP contribution in [0.25, 0.3) is 0 Å². The highest BCUT2D eigenvalue weighted by Crippen LogP contribution is 2.37. The summed E-state index contributed by atoms with van der Waals surface area (Å²) in [5, 5.41) is 3.53. The van der Waals surface area contributed by atoms with Gasteiger partial charge in [-0.1, -0.05) is 32.9 Å². The van der Waals surface area contributed by atoms with Gasteiger partial charge in [-0.25, -0.2) is 4.39 Å². The fraction of sp³-hybridized carbons (Fsp3) is 0.667. The third-order valence-electron chi connectivity index (χ3n) is 4.74. The van der Waals surface area contributed by atoms with Crippen LogP contribution < -0.4 is 5.32 Å². The molecule has 0 radical (unpaired) electrons. The minimum Gasteiger partial charge on any atom is -0.310 e. The lowest BCUT2D eigenvalue weighted by atomic mass is 9.71. The molecule has 1 aromatic rings. The summed E-state index contributed by atoms with van der Waals surface area (Å²) < 4.78 is 13.8. The van der Waals surface area contributed by atoms with Crippen molar-refractivity contribution in [3.05, 3.63) is 35.1 Å². The second-order valence-electron chi connectivity index (χ2n) is 7.39. The van der Waals surface area contributed by atoms with Gasteiger partial charge >= 0.3 is 0 Å². The molecule has 1 aliphatic rings. The molecule has 1 N–H and O–H groups in total. The maximum atomic E-state index is 13.8. The molecule has 1 fully saturated rings. The largest absolute Gasteiger partial charge is 0.310 e. The Kier molecular flexibility index (Phi) is 4.85. The zero-order valence-corrected chi connectivity index (χ0v) is 13.3. The zero-order chi connectivity index (χ0) is 14.8. The van der Waals surface area contributed by atoms with Crippen LogP contribution in [0, 0.1) is 24.1 Å². The molecule has 0 amide bonds. The van der Waals surface area contributed by atoms with Crippen molar-refractivity contribution in [3.63, 3.8) is 0 Å². The van der Waals surface area contributed by atoms with Crippen LogP contribution in [0.5, 0.6) is 0 Å². The fourth-order valence-corrected chi connectivity index (χ4v) is 3.21. The summed E-state index contributed by atoms with van der Waals surface area (Å²) in [4.78, 5) is 0. The molecule has 2 heteroatoms. The third kappa shape index (κ3) is 4.05. The molecule has 112 valence electrons. The Balaban J connectivity index is 1.82. The molecule has 0 bridgehead atoms. The van der Waals surface area contributed by atoms with Crippen molar-refractivity contribution in [1.29, 1.82) is 0 Å². The summed E-state index contributed by atoms with van der Waals surface area (Å²) in [5.41, 5.74) is 2.19. The van der Waals surface area contributed by atoms with Gasteiger partial charge in [0.2, 0.25) is 0 Å². The topological polar surface area (TPSA) is 12.0 Å². The average molecular weight is 277 g/mol. The van der Waals surface area contributed by atoms with Crippen molar-refractivity contribution in [2.45, 2.75) is 66.0 Å². The molecule has 0 spiro atoms. The van der Waals surface area contributed by atoms with Gasteiger partial charge in [-0.3, -0.25) is 0 Å². The van der Waals surface area contributed by atoms with E-state index < -0.39 is 0 Å². The Morgan fingerprint density at radius 2 is 1.80 bits per heavy atom. The number of aryl methyl sites for hydroxylation is 1. The van der Waals surface area contributed by atoms with Gasteiger partial charge in [-0.15, -0.1) is 0 Å².